The van der Waals surface area contributed by atoms with Gasteiger partial charge in [0, 0.05) is 18.6 Å². The largest absolute Gasteiger partial charge is 0.298 e. The van der Waals surface area contributed by atoms with Gasteiger partial charge < -0.3 is 0 Å². The lowest BCUT2D eigenvalue weighted by Gasteiger charge is -2.32. The molecule has 124 valence electrons. The Morgan fingerprint density at radius 3 is 2.13 bits per heavy atom. The van der Waals surface area contributed by atoms with E-state index in [0.717, 1.165) is 11.4 Å². The Kier molecular flexibility index (Phi) is 5.18. The summed E-state index contributed by atoms with van der Waals surface area (Å²) in [7, 11) is 0. The predicted octanol–water partition coefficient (Wildman–Crippen LogP) is 4.69. The van der Waals surface area contributed by atoms with Crippen LogP contribution in [-0.2, 0) is 9.59 Å². The quantitative estimate of drug-likeness (QED) is 0.598. The molecule has 0 spiro atoms. The minimum atomic E-state index is -0.647. The zero-order valence-corrected chi connectivity index (χ0v) is 14.8. The number of carbonyl (C=O) groups is 2. The first-order valence-electron chi connectivity index (χ1n) is 8.37. The highest BCUT2D eigenvalue weighted by atomic mass is 16.2. The molecule has 0 aliphatic heterocycles. The van der Waals surface area contributed by atoms with Gasteiger partial charge in [0.1, 0.15) is 17.5 Å². The van der Waals surface area contributed by atoms with Gasteiger partial charge in [0.2, 0.25) is 0 Å². The standard InChI is InChI=1S/C20H27NO2/c1-13(2)10-16(21-15-8-6-14(3)7-9-15)19-17(22)11-20(4,5)12-18(19)23/h6-9,13,19H,10-12H2,1-5H3. The summed E-state index contributed by atoms with van der Waals surface area (Å²) >= 11 is 0. The second-order valence-electron chi connectivity index (χ2n) is 7.92. The number of hydrogen-bond donors (Lipinski definition) is 0. The summed E-state index contributed by atoms with van der Waals surface area (Å²) < 4.78 is 0. The molecule has 0 radical (unpaired) electrons. The van der Waals surface area contributed by atoms with E-state index in [2.05, 4.69) is 18.8 Å². The molecule has 2 rings (SSSR count). The molecule has 0 heterocycles. The molecule has 1 aromatic rings. The highest BCUT2D eigenvalue weighted by molar-refractivity contribution is 6.22. The number of benzene rings is 1. The van der Waals surface area contributed by atoms with Crippen LogP contribution in [0.25, 0.3) is 0 Å². The van der Waals surface area contributed by atoms with Crippen LogP contribution in [0.4, 0.5) is 5.69 Å². The van der Waals surface area contributed by atoms with Gasteiger partial charge in [-0.05, 0) is 36.8 Å². The molecule has 1 aliphatic carbocycles. The van der Waals surface area contributed by atoms with E-state index in [1.54, 1.807) is 0 Å². The maximum absolute atomic E-state index is 12.6. The summed E-state index contributed by atoms with van der Waals surface area (Å²) in [5.74, 6) is -0.239. The molecule has 3 heteroatoms. The number of hydrogen-bond acceptors (Lipinski definition) is 3. The van der Waals surface area contributed by atoms with E-state index in [9.17, 15) is 9.59 Å². The SMILES string of the molecule is Cc1ccc(N=C(CC(C)C)C2C(=O)CC(C)(C)CC2=O)cc1. The monoisotopic (exact) mass is 313 g/mol. The molecule has 3 nitrogen and oxygen atoms in total. The number of aliphatic imine (C=N–C) groups is 1. The minimum absolute atomic E-state index is 0.0257. The number of ketones is 2. The Morgan fingerprint density at radius 1 is 1.13 bits per heavy atom. The van der Waals surface area contributed by atoms with Crippen molar-refractivity contribution in [2.24, 2.45) is 22.2 Å². The fourth-order valence-electron chi connectivity index (χ4n) is 3.19. The first-order valence-corrected chi connectivity index (χ1v) is 8.37. The van der Waals surface area contributed by atoms with E-state index in [1.165, 1.54) is 5.56 Å². The van der Waals surface area contributed by atoms with Crippen molar-refractivity contribution in [3.8, 4) is 0 Å². The molecular weight excluding hydrogens is 286 g/mol. The smallest absolute Gasteiger partial charge is 0.149 e. The van der Waals surface area contributed by atoms with Gasteiger partial charge in [-0.25, -0.2) is 0 Å². The van der Waals surface area contributed by atoms with Crippen LogP contribution < -0.4 is 0 Å². The molecule has 0 unspecified atom stereocenters. The van der Waals surface area contributed by atoms with Crippen molar-refractivity contribution in [2.45, 2.75) is 53.9 Å². The summed E-state index contributed by atoms with van der Waals surface area (Å²) in [6.45, 7) is 10.2. The van der Waals surface area contributed by atoms with Crippen molar-refractivity contribution in [3.05, 3.63) is 29.8 Å². The van der Waals surface area contributed by atoms with Gasteiger partial charge in [0.05, 0.1) is 5.69 Å². The molecule has 0 amide bonds. The first-order chi connectivity index (χ1) is 10.7. The average molecular weight is 313 g/mol. The number of carbonyl (C=O) groups excluding carboxylic acids is 2. The topological polar surface area (TPSA) is 46.5 Å². The van der Waals surface area contributed by atoms with Crippen LogP contribution in [0.3, 0.4) is 0 Å². The van der Waals surface area contributed by atoms with Crippen LogP contribution in [-0.4, -0.2) is 17.3 Å². The highest BCUT2D eigenvalue weighted by Gasteiger charge is 2.42. The van der Waals surface area contributed by atoms with Crippen molar-refractivity contribution < 1.29 is 9.59 Å². The van der Waals surface area contributed by atoms with Crippen LogP contribution in [0.2, 0.25) is 0 Å². The average Bonchev–Trinajstić information content (AvgIpc) is 2.38. The van der Waals surface area contributed by atoms with Gasteiger partial charge >= 0.3 is 0 Å². The van der Waals surface area contributed by atoms with Gasteiger partial charge in [-0.1, -0.05) is 45.4 Å². The Morgan fingerprint density at radius 2 is 1.65 bits per heavy atom. The molecule has 1 aromatic carbocycles. The molecule has 1 saturated carbocycles. The van der Waals surface area contributed by atoms with Crippen LogP contribution in [0.5, 0.6) is 0 Å². The van der Waals surface area contributed by atoms with Crippen molar-refractivity contribution in [1.29, 1.82) is 0 Å². The van der Waals surface area contributed by atoms with Gasteiger partial charge in [0.25, 0.3) is 0 Å². The second kappa shape index (κ2) is 6.77. The van der Waals surface area contributed by atoms with Gasteiger partial charge in [-0.15, -0.1) is 0 Å². The lowest BCUT2D eigenvalue weighted by Crippen LogP contribution is -2.42. The van der Waals surface area contributed by atoms with E-state index >= 15 is 0 Å². The summed E-state index contributed by atoms with van der Waals surface area (Å²) in [6, 6.07) is 7.88. The van der Waals surface area contributed by atoms with Gasteiger partial charge in [-0.3, -0.25) is 14.6 Å². The molecule has 0 N–H and O–H groups in total. The fourth-order valence-corrected chi connectivity index (χ4v) is 3.19. The third kappa shape index (κ3) is 4.60. The first kappa shape index (κ1) is 17.6. The number of rotatable bonds is 4. The summed E-state index contributed by atoms with van der Waals surface area (Å²) in [6.07, 6.45) is 1.58. The zero-order chi connectivity index (χ0) is 17.2. The summed E-state index contributed by atoms with van der Waals surface area (Å²) in [4.78, 5) is 29.9. The Bertz CT molecular complexity index is 604. The van der Waals surface area contributed by atoms with Gasteiger partial charge in [-0.2, -0.15) is 0 Å². The zero-order valence-electron chi connectivity index (χ0n) is 14.8. The normalized spacial score (nSPS) is 19.5. The molecule has 23 heavy (non-hydrogen) atoms. The second-order valence-corrected chi connectivity index (χ2v) is 7.92. The molecule has 0 bridgehead atoms. The lowest BCUT2D eigenvalue weighted by molar-refractivity contribution is -0.136. The third-order valence-corrected chi connectivity index (χ3v) is 4.21. The van der Waals surface area contributed by atoms with Crippen LogP contribution in [0, 0.1) is 24.2 Å². The molecule has 1 aliphatic rings. The molecule has 0 saturated heterocycles. The molecular formula is C20H27NO2. The Labute approximate surface area is 139 Å². The van der Waals surface area contributed by atoms with E-state index < -0.39 is 5.92 Å². The van der Waals surface area contributed by atoms with E-state index in [1.807, 2.05) is 45.0 Å². The number of Topliss-reactive ketones (excluding diaryl/α,β-unsaturated/α-hetero) is 2. The van der Waals surface area contributed by atoms with Crippen molar-refractivity contribution >= 4 is 23.0 Å². The van der Waals surface area contributed by atoms with Crippen molar-refractivity contribution in [1.82, 2.24) is 0 Å². The predicted molar refractivity (Wildman–Crippen MR) is 94.2 cm³/mol. The third-order valence-electron chi connectivity index (χ3n) is 4.21. The van der Waals surface area contributed by atoms with Crippen molar-refractivity contribution in [3.63, 3.8) is 0 Å². The lowest BCUT2D eigenvalue weighted by atomic mass is 9.69. The molecule has 0 aromatic heterocycles. The van der Waals surface area contributed by atoms with Gasteiger partial charge in [0.15, 0.2) is 0 Å². The van der Waals surface area contributed by atoms with Crippen molar-refractivity contribution in [2.75, 3.05) is 0 Å². The van der Waals surface area contributed by atoms with Crippen LogP contribution in [0.15, 0.2) is 29.3 Å². The Balaban J connectivity index is 2.36. The summed E-state index contributed by atoms with van der Waals surface area (Å²) in [5, 5.41) is 0. The fraction of sp³-hybridized carbons (Fsp3) is 0.550. The maximum Gasteiger partial charge on any atom is 0.149 e. The molecule has 0 atom stereocenters. The van der Waals surface area contributed by atoms with E-state index in [0.29, 0.717) is 25.2 Å². The van der Waals surface area contributed by atoms with E-state index in [4.69, 9.17) is 0 Å². The number of aryl methyl sites for hydroxylation is 1. The van der Waals surface area contributed by atoms with Crippen LogP contribution >= 0.6 is 0 Å². The minimum Gasteiger partial charge on any atom is -0.298 e. The van der Waals surface area contributed by atoms with Crippen LogP contribution in [0.1, 0.15) is 52.5 Å². The number of nitrogens with zero attached hydrogens (tertiary/aromatic N) is 1. The highest BCUT2D eigenvalue weighted by Crippen LogP contribution is 2.35. The maximum atomic E-state index is 12.6. The summed E-state index contributed by atoms with van der Waals surface area (Å²) in [5.41, 5.74) is 2.49. The molecule has 1 fully saturated rings. The Hall–Kier alpha value is -1.77. The van der Waals surface area contributed by atoms with E-state index in [-0.39, 0.29) is 17.0 Å².